The van der Waals surface area contributed by atoms with Crippen molar-refractivity contribution in [3.8, 4) is 0 Å². The fourth-order valence-electron chi connectivity index (χ4n) is 1.85. The summed E-state index contributed by atoms with van der Waals surface area (Å²) in [7, 11) is 2.18. The lowest BCUT2D eigenvalue weighted by Crippen LogP contribution is -2.29. The molecule has 0 aliphatic heterocycles. The third-order valence-electron chi connectivity index (χ3n) is 3.32. The van der Waals surface area contributed by atoms with Gasteiger partial charge in [0, 0.05) is 25.3 Å². The number of benzene rings is 1. The first kappa shape index (κ1) is 15.4. The van der Waals surface area contributed by atoms with Crippen LogP contribution in [0.2, 0.25) is 0 Å². The second kappa shape index (κ2) is 8.44. The molecule has 102 valence electrons. The van der Waals surface area contributed by atoms with Gasteiger partial charge in [0.2, 0.25) is 0 Å². The summed E-state index contributed by atoms with van der Waals surface area (Å²) in [6.45, 7) is 6.41. The molecule has 1 N–H and O–H groups in total. The van der Waals surface area contributed by atoms with Crippen LogP contribution in [-0.4, -0.2) is 31.6 Å². The van der Waals surface area contributed by atoms with Crippen molar-refractivity contribution in [1.29, 1.82) is 0 Å². The van der Waals surface area contributed by atoms with Gasteiger partial charge in [-0.05, 0) is 49.6 Å². The summed E-state index contributed by atoms with van der Waals surface area (Å²) in [6.07, 6.45) is 3.40. The molecule has 0 spiro atoms. The van der Waals surface area contributed by atoms with E-state index >= 15 is 0 Å². The van der Waals surface area contributed by atoms with E-state index in [1.165, 1.54) is 23.4 Å². The molecule has 0 bridgehead atoms. The van der Waals surface area contributed by atoms with Crippen molar-refractivity contribution < 1.29 is 0 Å². The second-order valence-corrected chi connectivity index (χ2v) is 5.67. The van der Waals surface area contributed by atoms with Crippen LogP contribution in [0.25, 0.3) is 0 Å². The average molecular weight is 266 g/mol. The summed E-state index contributed by atoms with van der Waals surface area (Å²) < 4.78 is 0. The number of nitrogens with one attached hydrogen (secondary N) is 1. The lowest BCUT2D eigenvalue weighted by molar-refractivity contribution is 0.669. The summed E-state index contributed by atoms with van der Waals surface area (Å²) in [6, 6.07) is 9.48. The molecule has 1 aromatic rings. The minimum atomic E-state index is 0.595. The van der Waals surface area contributed by atoms with Crippen LogP contribution in [0.1, 0.15) is 25.8 Å². The van der Waals surface area contributed by atoms with Gasteiger partial charge in [0.15, 0.2) is 0 Å². The molecule has 1 rings (SSSR count). The average Bonchev–Trinajstić information content (AvgIpc) is 2.42. The molecular weight excluding hydrogens is 240 g/mol. The van der Waals surface area contributed by atoms with E-state index in [2.05, 4.69) is 61.6 Å². The Kier molecular flexibility index (Phi) is 7.21. The van der Waals surface area contributed by atoms with Gasteiger partial charge < -0.3 is 10.2 Å². The second-order valence-electron chi connectivity index (χ2n) is 4.69. The molecule has 0 amide bonds. The maximum absolute atomic E-state index is 3.35. The van der Waals surface area contributed by atoms with Crippen molar-refractivity contribution in [2.24, 2.45) is 0 Å². The van der Waals surface area contributed by atoms with Crippen molar-refractivity contribution in [2.45, 2.75) is 32.9 Å². The topological polar surface area (TPSA) is 15.3 Å². The van der Waals surface area contributed by atoms with Gasteiger partial charge in [0.1, 0.15) is 0 Å². The zero-order valence-corrected chi connectivity index (χ0v) is 12.9. The van der Waals surface area contributed by atoms with Crippen molar-refractivity contribution in [1.82, 2.24) is 5.32 Å². The molecular formula is C15H26N2S. The number of thioether (sulfide) groups is 1. The van der Waals surface area contributed by atoms with E-state index in [0.29, 0.717) is 6.04 Å². The molecule has 0 radical (unpaired) electrons. The van der Waals surface area contributed by atoms with Crippen LogP contribution in [0, 0.1) is 0 Å². The van der Waals surface area contributed by atoms with Crippen molar-refractivity contribution >= 4 is 17.4 Å². The minimum Gasteiger partial charge on any atom is -0.372 e. The van der Waals surface area contributed by atoms with Crippen molar-refractivity contribution in [3.05, 3.63) is 29.8 Å². The van der Waals surface area contributed by atoms with Gasteiger partial charge in [-0.2, -0.15) is 11.8 Å². The first-order chi connectivity index (χ1) is 8.69. The van der Waals surface area contributed by atoms with E-state index in [-0.39, 0.29) is 0 Å². The van der Waals surface area contributed by atoms with E-state index in [0.717, 1.165) is 13.1 Å². The predicted octanol–water partition coefficient (Wildman–Crippen LogP) is 3.37. The largest absolute Gasteiger partial charge is 0.372 e. The Hall–Kier alpha value is -0.670. The minimum absolute atomic E-state index is 0.595. The fraction of sp³-hybridized carbons (Fsp3) is 0.600. The van der Waals surface area contributed by atoms with Crippen molar-refractivity contribution in [2.75, 3.05) is 30.5 Å². The monoisotopic (exact) mass is 266 g/mol. The highest BCUT2D eigenvalue weighted by Crippen LogP contribution is 2.18. The van der Waals surface area contributed by atoms with Gasteiger partial charge in [-0.1, -0.05) is 19.1 Å². The molecule has 18 heavy (non-hydrogen) atoms. The Labute approximate surface area is 116 Å². The quantitative estimate of drug-likeness (QED) is 0.776. The lowest BCUT2D eigenvalue weighted by atomic mass is 10.1. The van der Waals surface area contributed by atoms with E-state index in [9.17, 15) is 0 Å². The molecule has 1 unspecified atom stereocenters. The van der Waals surface area contributed by atoms with Crippen LogP contribution in [0.4, 0.5) is 5.69 Å². The highest BCUT2D eigenvalue weighted by Gasteiger charge is 2.09. The zero-order chi connectivity index (χ0) is 13.4. The van der Waals surface area contributed by atoms with Gasteiger partial charge in [-0.25, -0.2) is 0 Å². The Bertz CT molecular complexity index is 324. The zero-order valence-electron chi connectivity index (χ0n) is 12.1. The fourth-order valence-corrected chi connectivity index (χ4v) is 2.43. The molecule has 0 saturated heterocycles. The molecule has 0 heterocycles. The molecule has 2 nitrogen and oxygen atoms in total. The number of nitrogens with zero attached hydrogens (tertiary/aromatic N) is 1. The van der Waals surface area contributed by atoms with E-state index in [4.69, 9.17) is 0 Å². The number of hydrogen-bond donors (Lipinski definition) is 1. The van der Waals surface area contributed by atoms with E-state index in [1.807, 2.05) is 11.8 Å². The van der Waals surface area contributed by atoms with Gasteiger partial charge in [0.05, 0.1) is 0 Å². The van der Waals surface area contributed by atoms with Crippen LogP contribution in [0.3, 0.4) is 0 Å². The number of rotatable bonds is 8. The summed E-state index contributed by atoms with van der Waals surface area (Å²) in [4.78, 5) is 2.37. The first-order valence-corrected chi connectivity index (χ1v) is 8.09. The Morgan fingerprint density at radius 3 is 2.50 bits per heavy atom. The molecule has 0 aliphatic rings. The Morgan fingerprint density at radius 2 is 1.94 bits per heavy atom. The van der Waals surface area contributed by atoms with Crippen LogP contribution < -0.4 is 10.2 Å². The van der Waals surface area contributed by atoms with E-state index in [1.54, 1.807) is 0 Å². The van der Waals surface area contributed by atoms with Gasteiger partial charge in [-0.3, -0.25) is 0 Å². The standard InChI is InChI=1S/C15H26N2S/c1-5-16-12-14-6-8-15(9-7-14)17(3)13(2)10-11-18-4/h6-9,13,16H,5,10-12H2,1-4H3. The molecule has 1 atom stereocenters. The predicted molar refractivity (Wildman–Crippen MR) is 84.7 cm³/mol. The SMILES string of the molecule is CCNCc1ccc(N(C)C(C)CCSC)cc1. The van der Waals surface area contributed by atoms with Crippen LogP contribution in [0.15, 0.2) is 24.3 Å². The van der Waals surface area contributed by atoms with Crippen molar-refractivity contribution in [3.63, 3.8) is 0 Å². The highest BCUT2D eigenvalue weighted by atomic mass is 32.2. The summed E-state index contributed by atoms with van der Waals surface area (Å²) in [5, 5.41) is 3.35. The first-order valence-electron chi connectivity index (χ1n) is 6.70. The number of hydrogen-bond acceptors (Lipinski definition) is 3. The normalized spacial score (nSPS) is 12.4. The summed E-state index contributed by atoms with van der Waals surface area (Å²) in [5.74, 6) is 1.23. The molecule has 3 heteroatoms. The van der Waals surface area contributed by atoms with Crippen LogP contribution in [-0.2, 0) is 6.54 Å². The summed E-state index contributed by atoms with van der Waals surface area (Å²) in [5.41, 5.74) is 2.66. The maximum Gasteiger partial charge on any atom is 0.0366 e. The van der Waals surface area contributed by atoms with Gasteiger partial charge >= 0.3 is 0 Å². The third kappa shape index (κ3) is 4.91. The Morgan fingerprint density at radius 1 is 1.28 bits per heavy atom. The molecule has 0 fully saturated rings. The lowest BCUT2D eigenvalue weighted by Gasteiger charge is -2.27. The van der Waals surface area contributed by atoms with Crippen LogP contribution >= 0.6 is 11.8 Å². The molecule has 0 aliphatic carbocycles. The summed E-state index contributed by atoms with van der Waals surface area (Å²) >= 11 is 1.92. The van der Waals surface area contributed by atoms with E-state index < -0.39 is 0 Å². The van der Waals surface area contributed by atoms with Gasteiger partial charge in [-0.15, -0.1) is 0 Å². The molecule has 0 aromatic heterocycles. The van der Waals surface area contributed by atoms with Gasteiger partial charge in [0.25, 0.3) is 0 Å². The molecule has 1 aromatic carbocycles. The molecule has 0 saturated carbocycles. The number of anilines is 1. The third-order valence-corrected chi connectivity index (χ3v) is 3.97. The smallest absolute Gasteiger partial charge is 0.0366 e. The Balaban J connectivity index is 2.55. The van der Waals surface area contributed by atoms with Crippen LogP contribution in [0.5, 0.6) is 0 Å². The highest BCUT2D eigenvalue weighted by molar-refractivity contribution is 7.98. The maximum atomic E-state index is 3.35.